The lowest BCUT2D eigenvalue weighted by atomic mass is 9.95. The molecule has 0 bridgehead atoms. The zero-order chi connectivity index (χ0) is 32.9. The topological polar surface area (TPSA) is 17.3 Å². The Labute approximate surface area is 295 Å². The summed E-state index contributed by atoms with van der Waals surface area (Å²) in [4.78, 5) is 6.01. The van der Waals surface area contributed by atoms with Gasteiger partial charge >= 0.3 is 0 Å². The Morgan fingerprint density at radius 3 is 1.80 bits per heavy atom. The van der Waals surface area contributed by atoms with Crippen molar-refractivity contribution in [3.8, 4) is 0 Å². The van der Waals surface area contributed by atoms with Crippen molar-refractivity contribution in [3.05, 3.63) is 162 Å². The number of hydrogen-bond acceptors (Lipinski definition) is 3. The highest BCUT2D eigenvalue weighted by Crippen LogP contribution is 2.53. The van der Waals surface area contributed by atoms with Gasteiger partial charge in [0.1, 0.15) is 0 Å². The number of fused-ring (bicyclic) bond motifs is 14. The van der Waals surface area contributed by atoms with Crippen LogP contribution in [0, 0.1) is 0 Å². The van der Waals surface area contributed by atoms with Crippen molar-refractivity contribution in [2.45, 2.75) is 6.04 Å². The maximum Gasteiger partial charge on any atom is 0.0966 e. The summed E-state index contributed by atoms with van der Waals surface area (Å²) in [5.74, 6) is 0. The Hall–Kier alpha value is -5.81. The van der Waals surface area contributed by atoms with Crippen molar-refractivity contribution in [1.29, 1.82) is 0 Å². The first-order chi connectivity index (χ1) is 24.8. The van der Waals surface area contributed by atoms with Crippen LogP contribution in [0.2, 0.25) is 0 Å². The second kappa shape index (κ2) is 10.6. The molecule has 0 radical (unpaired) electrons. The minimum Gasteiger partial charge on any atom is -0.326 e. The molecular formula is C46H28N2S2. The van der Waals surface area contributed by atoms with E-state index >= 15 is 0 Å². The maximum atomic E-state index is 4.81. The van der Waals surface area contributed by atoms with Gasteiger partial charge in [-0.3, -0.25) is 4.99 Å². The van der Waals surface area contributed by atoms with Crippen LogP contribution >= 0.6 is 22.7 Å². The molecule has 4 heteroatoms. The first kappa shape index (κ1) is 28.1. The van der Waals surface area contributed by atoms with Gasteiger partial charge in [-0.2, -0.15) is 0 Å². The molecule has 0 aliphatic carbocycles. The van der Waals surface area contributed by atoms with E-state index in [1.54, 1.807) is 0 Å². The summed E-state index contributed by atoms with van der Waals surface area (Å²) in [5.41, 5.74) is 4.75. The van der Waals surface area contributed by atoms with Crippen LogP contribution in [-0.4, -0.2) is 11.3 Å². The van der Waals surface area contributed by atoms with Crippen LogP contribution in [0.25, 0.3) is 84.4 Å². The van der Waals surface area contributed by atoms with Crippen molar-refractivity contribution >= 4 is 119 Å². The summed E-state index contributed by atoms with van der Waals surface area (Å²) >= 11 is 3.76. The van der Waals surface area contributed by atoms with E-state index in [0.717, 1.165) is 11.1 Å². The molecule has 3 aromatic heterocycles. The highest BCUT2D eigenvalue weighted by atomic mass is 32.1. The Kier molecular flexibility index (Phi) is 5.95. The number of benzene rings is 8. The molecule has 0 aliphatic rings. The van der Waals surface area contributed by atoms with Crippen molar-refractivity contribution in [2.24, 2.45) is 4.99 Å². The monoisotopic (exact) mass is 672 g/mol. The number of aromatic nitrogens is 1. The first-order valence-electron chi connectivity index (χ1n) is 16.9. The SMILES string of the molecule is C=Nc1c(C(c2cccc3ccccc23)n2c3c4ccccc4ccc3c3c4ccccc4c4c5ccccc5sc4c32)sc2ccccc12. The summed E-state index contributed by atoms with van der Waals surface area (Å²) in [6.07, 6.45) is 0. The lowest BCUT2D eigenvalue weighted by Gasteiger charge is -2.24. The van der Waals surface area contributed by atoms with Gasteiger partial charge in [0, 0.05) is 41.7 Å². The van der Waals surface area contributed by atoms with Gasteiger partial charge in [-0.25, -0.2) is 0 Å². The van der Waals surface area contributed by atoms with E-state index in [9.17, 15) is 0 Å². The number of nitrogens with zero attached hydrogens (tertiary/aromatic N) is 2. The molecule has 0 N–H and O–H groups in total. The predicted molar refractivity (Wildman–Crippen MR) is 220 cm³/mol. The smallest absolute Gasteiger partial charge is 0.0966 e. The molecule has 1 unspecified atom stereocenters. The first-order valence-corrected chi connectivity index (χ1v) is 18.6. The fourth-order valence-corrected chi connectivity index (χ4v) is 11.1. The van der Waals surface area contributed by atoms with Crippen LogP contribution in [-0.2, 0) is 0 Å². The summed E-state index contributed by atoms with van der Waals surface area (Å²) in [6.45, 7) is 4.18. The second-order valence-corrected chi connectivity index (χ2v) is 15.2. The van der Waals surface area contributed by atoms with E-state index in [4.69, 9.17) is 4.99 Å². The van der Waals surface area contributed by atoms with Crippen molar-refractivity contribution in [3.63, 3.8) is 0 Å². The van der Waals surface area contributed by atoms with Gasteiger partial charge < -0.3 is 4.57 Å². The summed E-state index contributed by atoms with van der Waals surface area (Å²) in [6, 6.07) is 55.5. The van der Waals surface area contributed by atoms with Crippen molar-refractivity contribution in [2.75, 3.05) is 0 Å². The van der Waals surface area contributed by atoms with Gasteiger partial charge in [0.15, 0.2) is 0 Å². The zero-order valence-electron chi connectivity index (χ0n) is 26.9. The molecule has 0 saturated carbocycles. The fraction of sp³-hybridized carbons (Fsp3) is 0.0217. The molecule has 0 spiro atoms. The van der Waals surface area contributed by atoms with Crippen LogP contribution in [0.4, 0.5) is 5.69 Å². The van der Waals surface area contributed by atoms with E-state index in [0.29, 0.717) is 0 Å². The Bertz CT molecular complexity index is 3190. The zero-order valence-corrected chi connectivity index (χ0v) is 28.6. The normalized spacial score (nSPS) is 12.8. The predicted octanol–water partition coefficient (Wildman–Crippen LogP) is 13.8. The van der Waals surface area contributed by atoms with E-state index in [2.05, 4.69) is 163 Å². The molecule has 2 nitrogen and oxygen atoms in total. The van der Waals surface area contributed by atoms with E-state index < -0.39 is 0 Å². The number of hydrogen-bond donors (Lipinski definition) is 0. The standard InChI is InChI=1S/C46H28N2S2/c1-47-41-35-21-9-11-24-38(35)50-46(41)43(33-22-12-15-27-13-2-4-16-29(27)33)48-42-30-17-5-3-14-28(30)25-26-36(42)39-31-18-6-7-19-32(31)40-34-20-8-10-23-37(34)49-45(40)44(39)48/h2-26,43H,1H2. The average Bonchev–Trinajstić information content (AvgIpc) is 3.85. The van der Waals surface area contributed by atoms with Crippen LogP contribution < -0.4 is 0 Å². The quantitative estimate of drug-likeness (QED) is 0.166. The third kappa shape index (κ3) is 3.75. The van der Waals surface area contributed by atoms with Crippen LogP contribution in [0.3, 0.4) is 0 Å². The largest absolute Gasteiger partial charge is 0.326 e. The Morgan fingerprint density at radius 1 is 0.460 bits per heavy atom. The van der Waals surface area contributed by atoms with E-state index in [-0.39, 0.29) is 6.04 Å². The molecule has 3 heterocycles. The van der Waals surface area contributed by atoms with E-state index in [1.807, 2.05) is 22.7 Å². The lowest BCUT2D eigenvalue weighted by molar-refractivity contribution is 0.753. The maximum absolute atomic E-state index is 4.81. The van der Waals surface area contributed by atoms with Crippen LogP contribution in [0.5, 0.6) is 0 Å². The highest BCUT2D eigenvalue weighted by molar-refractivity contribution is 7.27. The Balaban J connectivity index is 1.46. The van der Waals surface area contributed by atoms with Gasteiger partial charge in [-0.15, -0.1) is 22.7 Å². The minimum absolute atomic E-state index is 0.181. The van der Waals surface area contributed by atoms with Gasteiger partial charge in [-0.1, -0.05) is 140 Å². The minimum atomic E-state index is -0.181. The third-order valence-corrected chi connectivity index (χ3v) is 12.9. The fourth-order valence-electron chi connectivity index (χ4n) is 8.51. The molecule has 11 aromatic rings. The molecule has 234 valence electrons. The number of aliphatic imine (C=N–C) groups is 1. The van der Waals surface area contributed by atoms with Gasteiger partial charge in [0.25, 0.3) is 0 Å². The number of rotatable bonds is 4. The second-order valence-electron chi connectivity index (χ2n) is 13.1. The van der Waals surface area contributed by atoms with Crippen molar-refractivity contribution < 1.29 is 0 Å². The highest BCUT2D eigenvalue weighted by Gasteiger charge is 2.31. The summed E-state index contributed by atoms with van der Waals surface area (Å²) in [5, 5.41) is 13.9. The molecule has 11 rings (SSSR count). The molecule has 50 heavy (non-hydrogen) atoms. The van der Waals surface area contributed by atoms with Crippen LogP contribution in [0.1, 0.15) is 16.5 Å². The molecular weight excluding hydrogens is 645 g/mol. The van der Waals surface area contributed by atoms with E-state index in [1.165, 1.54) is 89.4 Å². The molecule has 0 fully saturated rings. The van der Waals surface area contributed by atoms with Gasteiger partial charge in [-0.05, 0) is 51.3 Å². The molecule has 0 amide bonds. The Morgan fingerprint density at radius 2 is 1.04 bits per heavy atom. The lowest BCUT2D eigenvalue weighted by Crippen LogP contribution is -2.12. The molecule has 1 atom stereocenters. The molecule has 8 aromatic carbocycles. The summed E-state index contributed by atoms with van der Waals surface area (Å²) < 4.78 is 6.54. The molecule has 0 aliphatic heterocycles. The van der Waals surface area contributed by atoms with Crippen LogP contribution in [0.15, 0.2) is 157 Å². The summed E-state index contributed by atoms with van der Waals surface area (Å²) in [7, 11) is 0. The number of thiophene rings is 2. The van der Waals surface area contributed by atoms with Gasteiger partial charge in [0.05, 0.1) is 32.3 Å². The third-order valence-electron chi connectivity index (χ3n) is 10.5. The van der Waals surface area contributed by atoms with Gasteiger partial charge in [0.2, 0.25) is 0 Å². The van der Waals surface area contributed by atoms with Crippen molar-refractivity contribution in [1.82, 2.24) is 4.57 Å². The average molecular weight is 673 g/mol. The molecule has 0 saturated heterocycles.